The smallest absolute Gasteiger partial charge is 0.246 e. The second-order valence-electron chi connectivity index (χ2n) is 6.44. The predicted octanol–water partition coefficient (Wildman–Crippen LogP) is 2.86. The SMILES string of the molecule is O=[N+]([O-])[C@@]12Cc3ccccc3[C@@H]1CN(Cc1ccccc1)C2. The van der Waals surface area contributed by atoms with E-state index < -0.39 is 5.54 Å². The molecule has 2 aromatic rings. The van der Waals surface area contributed by atoms with Crippen LogP contribution in [0.5, 0.6) is 0 Å². The largest absolute Gasteiger partial charge is 0.291 e. The molecule has 1 aliphatic carbocycles. The molecule has 0 N–H and O–H groups in total. The molecule has 1 aliphatic heterocycles. The molecule has 1 fully saturated rings. The van der Waals surface area contributed by atoms with Gasteiger partial charge >= 0.3 is 0 Å². The van der Waals surface area contributed by atoms with Crippen LogP contribution in [0, 0.1) is 10.1 Å². The number of hydrogen-bond donors (Lipinski definition) is 0. The maximum absolute atomic E-state index is 11.9. The van der Waals surface area contributed by atoms with E-state index in [0.29, 0.717) is 13.0 Å². The fourth-order valence-electron chi connectivity index (χ4n) is 4.13. The van der Waals surface area contributed by atoms with Gasteiger partial charge in [0.25, 0.3) is 0 Å². The lowest BCUT2D eigenvalue weighted by atomic mass is 9.89. The maximum atomic E-state index is 11.9. The Kier molecular flexibility index (Phi) is 3.01. The van der Waals surface area contributed by atoms with Gasteiger partial charge in [0.05, 0.1) is 12.5 Å². The van der Waals surface area contributed by atoms with E-state index in [9.17, 15) is 10.1 Å². The first kappa shape index (κ1) is 13.5. The van der Waals surface area contributed by atoms with Crippen LogP contribution in [0.4, 0.5) is 0 Å². The third-order valence-corrected chi connectivity index (χ3v) is 5.13. The number of likely N-dealkylation sites (tertiary alicyclic amines) is 1. The van der Waals surface area contributed by atoms with E-state index in [1.54, 1.807) is 0 Å². The van der Waals surface area contributed by atoms with Crippen LogP contribution >= 0.6 is 0 Å². The van der Waals surface area contributed by atoms with E-state index in [1.807, 2.05) is 36.4 Å². The number of nitro groups is 1. The van der Waals surface area contributed by atoms with Crippen molar-refractivity contribution in [2.45, 2.75) is 24.4 Å². The maximum Gasteiger partial charge on any atom is 0.246 e. The van der Waals surface area contributed by atoms with Gasteiger partial charge in [0.15, 0.2) is 0 Å². The fourth-order valence-corrected chi connectivity index (χ4v) is 4.13. The lowest BCUT2D eigenvalue weighted by molar-refractivity contribution is -0.566. The standard InChI is InChI=1S/C18H18N2O2/c21-20(22)18-10-15-8-4-5-9-16(15)17(18)12-19(13-18)11-14-6-2-1-3-7-14/h1-9,17H,10-13H2/t17-,18+/m0/s1. The van der Waals surface area contributed by atoms with Gasteiger partial charge in [0.1, 0.15) is 0 Å². The number of nitrogens with zero attached hydrogens (tertiary/aromatic N) is 2. The molecule has 0 bridgehead atoms. The van der Waals surface area contributed by atoms with Gasteiger partial charge < -0.3 is 0 Å². The van der Waals surface area contributed by atoms with E-state index in [-0.39, 0.29) is 10.8 Å². The molecular formula is C18H18N2O2. The van der Waals surface area contributed by atoms with E-state index in [2.05, 4.69) is 23.1 Å². The molecule has 4 heteroatoms. The topological polar surface area (TPSA) is 46.4 Å². The molecule has 4 rings (SSSR count). The Balaban J connectivity index is 1.64. The molecule has 2 atom stereocenters. The lowest BCUT2D eigenvalue weighted by Gasteiger charge is -2.20. The third-order valence-electron chi connectivity index (χ3n) is 5.13. The Morgan fingerprint density at radius 1 is 1.14 bits per heavy atom. The molecule has 0 spiro atoms. The van der Waals surface area contributed by atoms with Crippen LogP contribution in [0.2, 0.25) is 0 Å². The van der Waals surface area contributed by atoms with Crippen molar-refractivity contribution >= 4 is 0 Å². The Labute approximate surface area is 129 Å². The Bertz CT molecular complexity index is 716. The van der Waals surface area contributed by atoms with Crippen molar-refractivity contribution in [3.8, 4) is 0 Å². The number of hydrogen-bond acceptors (Lipinski definition) is 3. The van der Waals surface area contributed by atoms with Crippen molar-refractivity contribution in [2.75, 3.05) is 13.1 Å². The molecule has 112 valence electrons. The Morgan fingerprint density at radius 2 is 1.86 bits per heavy atom. The summed E-state index contributed by atoms with van der Waals surface area (Å²) in [7, 11) is 0. The molecule has 1 saturated heterocycles. The van der Waals surface area contributed by atoms with E-state index >= 15 is 0 Å². The highest BCUT2D eigenvalue weighted by atomic mass is 16.6. The predicted molar refractivity (Wildman–Crippen MR) is 84.3 cm³/mol. The zero-order valence-electron chi connectivity index (χ0n) is 12.3. The monoisotopic (exact) mass is 294 g/mol. The van der Waals surface area contributed by atoms with Gasteiger partial charge in [-0.05, 0) is 16.7 Å². The second-order valence-corrected chi connectivity index (χ2v) is 6.44. The minimum Gasteiger partial charge on any atom is -0.291 e. The molecule has 2 aliphatic rings. The summed E-state index contributed by atoms with van der Waals surface area (Å²) in [5, 5.41) is 11.9. The van der Waals surface area contributed by atoms with Crippen molar-refractivity contribution in [3.05, 3.63) is 81.4 Å². The molecule has 0 saturated carbocycles. The van der Waals surface area contributed by atoms with Crippen LogP contribution < -0.4 is 0 Å². The lowest BCUT2D eigenvalue weighted by Crippen LogP contribution is -2.43. The average molecular weight is 294 g/mol. The van der Waals surface area contributed by atoms with Crippen LogP contribution in [0.3, 0.4) is 0 Å². The summed E-state index contributed by atoms with van der Waals surface area (Å²) < 4.78 is 0. The van der Waals surface area contributed by atoms with Crippen molar-refractivity contribution in [2.24, 2.45) is 0 Å². The number of benzene rings is 2. The summed E-state index contributed by atoms with van der Waals surface area (Å²) in [6.45, 7) is 2.09. The Hall–Kier alpha value is -2.20. The fraction of sp³-hybridized carbons (Fsp3) is 0.333. The highest BCUT2D eigenvalue weighted by Crippen LogP contribution is 2.48. The molecule has 0 unspecified atom stereocenters. The second kappa shape index (κ2) is 4.92. The Morgan fingerprint density at radius 3 is 2.64 bits per heavy atom. The summed E-state index contributed by atoms with van der Waals surface area (Å²) in [5.74, 6) is 0.0161. The number of fused-ring (bicyclic) bond motifs is 3. The summed E-state index contributed by atoms with van der Waals surface area (Å²) in [6.07, 6.45) is 0.562. The first-order valence-electron chi connectivity index (χ1n) is 7.68. The molecule has 1 heterocycles. The zero-order valence-corrected chi connectivity index (χ0v) is 12.3. The molecule has 2 aromatic carbocycles. The highest BCUT2D eigenvalue weighted by Gasteiger charge is 2.61. The average Bonchev–Trinajstić information content (AvgIpc) is 3.02. The van der Waals surface area contributed by atoms with Crippen molar-refractivity contribution in [1.82, 2.24) is 4.90 Å². The van der Waals surface area contributed by atoms with Crippen LogP contribution in [0.25, 0.3) is 0 Å². The van der Waals surface area contributed by atoms with Crippen molar-refractivity contribution in [3.63, 3.8) is 0 Å². The quantitative estimate of drug-likeness (QED) is 0.646. The van der Waals surface area contributed by atoms with Crippen LogP contribution in [0.15, 0.2) is 54.6 Å². The summed E-state index contributed by atoms with van der Waals surface area (Å²) in [6, 6.07) is 18.3. The van der Waals surface area contributed by atoms with Crippen LogP contribution in [-0.4, -0.2) is 28.5 Å². The zero-order chi connectivity index (χ0) is 15.2. The first-order chi connectivity index (χ1) is 10.7. The summed E-state index contributed by atoms with van der Waals surface area (Å²) in [5.41, 5.74) is 2.71. The van der Waals surface area contributed by atoms with Gasteiger partial charge in [0.2, 0.25) is 5.54 Å². The molecule has 4 nitrogen and oxygen atoms in total. The highest BCUT2D eigenvalue weighted by molar-refractivity contribution is 5.42. The van der Waals surface area contributed by atoms with Gasteiger partial charge in [-0.3, -0.25) is 15.0 Å². The summed E-state index contributed by atoms with van der Waals surface area (Å²) >= 11 is 0. The van der Waals surface area contributed by atoms with Crippen LogP contribution in [-0.2, 0) is 13.0 Å². The summed E-state index contributed by atoms with van der Waals surface area (Å²) in [4.78, 5) is 14.1. The van der Waals surface area contributed by atoms with E-state index in [4.69, 9.17) is 0 Å². The van der Waals surface area contributed by atoms with Gasteiger partial charge in [0, 0.05) is 24.4 Å². The minimum absolute atomic E-state index is 0.0161. The molecular weight excluding hydrogens is 276 g/mol. The van der Waals surface area contributed by atoms with Gasteiger partial charge in [-0.25, -0.2) is 0 Å². The van der Waals surface area contributed by atoms with Gasteiger partial charge in [-0.1, -0.05) is 54.6 Å². The van der Waals surface area contributed by atoms with E-state index in [0.717, 1.165) is 18.7 Å². The molecule has 22 heavy (non-hydrogen) atoms. The first-order valence-corrected chi connectivity index (χ1v) is 7.68. The molecule has 0 amide bonds. The van der Waals surface area contributed by atoms with Crippen molar-refractivity contribution in [1.29, 1.82) is 0 Å². The molecule has 0 radical (unpaired) electrons. The third kappa shape index (κ3) is 1.95. The number of rotatable bonds is 3. The van der Waals surface area contributed by atoms with Gasteiger partial charge in [-0.15, -0.1) is 0 Å². The van der Waals surface area contributed by atoms with E-state index in [1.165, 1.54) is 11.1 Å². The minimum atomic E-state index is -0.835. The molecule has 0 aromatic heterocycles. The van der Waals surface area contributed by atoms with Gasteiger partial charge in [-0.2, -0.15) is 0 Å². The normalized spacial score (nSPS) is 26.6. The van der Waals surface area contributed by atoms with Crippen LogP contribution in [0.1, 0.15) is 22.6 Å². The van der Waals surface area contributed by atoms with Crippen molar-refractivity contribution < 1.29 is 4.92 Å².